The molecule has 214 valence electrons. The van der Waals surface area contributed by atoms with E-state index in [0.29, 0.717) is 61.5 Å². The molecule has 4 aliphatic rings. The van der Waals surface area contributed by atoms with Gasteiger partial charge in [-0.2, -0.15) is 8.78 Å². The molecule has 0 radical (unpaired) electrons. The molecule has 0 N–H and O–H groups in total. The Bertz CT molecular complexity index is 887. The zero-order valence-electron chi connectivity index (χ0n) is 22.3. The van der Waals surface area contributed by atoms with E-state index in [0.717, 1.165) is 50.7 Å². The number of benzene rings is 1. The Morgan fingerprint density at radius 2 is 1.11 bits per heavy atom. The monoisotopic (exact) mass is 544 g/mol. The van der Waals surface area contributed by atoms with E-state index >= 15 is 0 Å². The van der Waals surface area contributed by atoms with E-state index in [1.165, 1.54) is 25.7 Å². The molecular weight excluding hydrogens is 503 g/mol. The molecule has 4 fully saturated rings. The molecule has 0 atom stereocenters. The predicted octanol–water partition coefficient (Wildman–Crippen LogP) is 8.50. The second-order valence-electron chi connectivity index (χ2n) is 12.5. The molecule has 1 aliphatic heterocycles. The Morgan fingerprint density at radius 3 is 1.66 bits per heavy atom. The maximum Gasteiger partial charge on any atom is 0.400 e. The quantitative estimate of drug-likeness (QED) is 0.265. The van der Waals surface area contributed by atoms with E-state index < -0.39 is 35.2 Å². The van der Waals surface area contributed by atoms with Crippen LogP contribution in [0.2, 0.25) is 0 Å². The van der Waals surface area contributed by atoms with Gasteiger partial charge in [0.25, 0.3) is 0 Å². The van der Waals surface area contributed by atoms with Crippen molar-refractivity contribution in [1.29, 1.82) is 0 Å². The van der Waals surface area contributed by atoms with Crippen LogP contribution in [0.25, 0.3) is 0 Å². The van der Waals surface area contributed by atoms with Crippen LogP contribution in [0, 0.1) is 58.9 Å². The maximum atomic E-state index is 14.8. The van der Waals surface area contributed by atoms with Crippen molar-refractivity contribution >= 4 is 0 Å². The van der Waals surface area contributed by atoms with Crippen LogP contribution in [-0.2, 0) is 9.47 Å². The van der Waals surface area contributed by atoms with Gasteiger partial charge in [0.15, 0.2) is 23.7 Å². The second kappa shape index (κ2) is 12.0. The lowest BCUT2D eigenvalue weighted by atomic mass is 9.69. The maximum absolute atomic E-state index is 14.8. The molecule has 5 rings (SSSR count). The summed E-state index contributed by atoms with van der Waals surface area (Å²) in [6, 6.07) is 0.930. The van der Waals surface area contributed by atoms with Gasteiger partial charge in [-0.15, -0.1) is 0 Å². The third-order valence-electron chi connectivity index (χ3n) is 10.0. The van der Waals surface area contributed by atoms with E-state index in [1.54, 1.807) is 0 Å². The molecule has 3 saturated carbocycles. The number of ether oxygens (including phenoxy) is 3. The normalized spacial score (nSPS) is 37.1. The molecule has 1 aromatic rings. The minimum Gasteiger partial charge on any atom is -0.432 e. The summed E-state index contributed by atoms with van der Waals surface area (Å²) < 4.78 is 86.6. The van der Waals surface area contributed by atoms with Crippen LogP contribution in [0.4, 0.5) is 22.0 Å². The highest BCUT2D eigenvalue weighted by atomic mass is 19.3. The average molecular weight is 545 g/mol. The van der Waals surface area contributed by atoms with Crippen molar-refractivity contribution in [2.75, 3.05) is 13.2 Å². The highest BCUT2D eigenvalue weighted by molar-refractivity contribution is 5.25. The molecule has 3 nitrogen and oxygen atoms in total. The fourth-order valence-corrected chi connectivity index (χ4v) is 7.48. The van der Waals surface area contributed by atoms with Crippen LogP contribution in [0.1, 0.15) is 84.0 Å². The summed E-state index contributed by atoms with van der Waals surface area (Å²) in [7, 11) is 0. The fourth-order valence-electron chi connectivity index (χ4n) is 7.48. The third kappa shape index (κ3) is 6.48. The Morgan fingerprint density at radius 1 is 0.658 bits per heavy atom. The summed E-state index contributed by atoms with van der Waals surface area (Å²) >= 11 is 0. The van der Waals surface area contributed by atoms with Gasteiger partial charge >= 0.3 is 6.11 Å². The van der Waals surface area contributed by atoms with E-state index in [4.69, 9.17) is 9.47 Å². The molecule has 0 spiro atoms. The zero-order valence-corrected chi connectivity index (χ0v) is 22.3. The van der Waals surface area contributed by atoms with Gasteiger partial charge in [-0.25, -0.2) is 13.2 Å². The van der Waals surface area contributed by atoms with Crippen LogP contribution in [-0.4, -0.2) is 25.6 Å². The summed E-state index contributed by atoms with van der Waals surface area (Å²) in [6.45, 7) is 3.96. The van der Waals surface area contributed by atoms with Crippen molar-refractivity contribution in [2.45, 2.75) is 96.4 Å². The van der Waals surface area contributed by atoms with Gasteiger partial charge in [0.2, 0.25) is 0 Å². The van der Waals surface area contributed by atoms with Crippen molar-refractivity contribution in [3.63, 3.8) is 0 Å². The van der Waals surface area contributed by atoms with Crippen LogP contribution in [0.15, 0.2) is 12.1 Å². The topological polar surface area (TPSA) is 27.7 Å². The molecule has 1 aromatic carbocycles. The lowest BCUT2D eigenvalue weighted by molar-refractivity contribution is -0.238. The van der Waals surface area contributed by atoms with Crippen LogP contribution >= 0.6 is 0 Å². The molecule has 0 aromatic heterocycles. The lowest BCUT2D eigenvalue weighted by Crippen LogP contribution is -2.42. The standard InChI is InChI=1S/C30H41F5O3/c1-18-2-4-21(5-3-18)23-16-36-29(37-17-23)22-8-6-19(7-9-22)20-10-12-24(13-11-20)30(34,35)38-25-14-26(31)28(33)27(32)15-25/h14-15,18-24,29H,2-13,16-17H2,1H3. The number of rotatable bonds is 6. The zero-order chi connectivity index (χ0) is 26.9. The Hall–Kier alpha value is -1.41. The Kier molecular flexibility index (Phi) is 8.88. The molecular formula is C30H41F5O3. The largest absolute Gasteiger partial charge is 0.432 e. The van der Waals surface area contributed by atoms with Crippen molar-refractivity contribution in [3.05, 3.63) is 29.6 Å². The molecule has 1 saturated heterocycles. The summed E-state index contributed by atoms with van der Waals surface area (Å²) in [4.78, 5) is 0. The third-order valence-corrected chi connectivity index (χ3v) is 10.0. The van der Waals surface area contributed by atoms with Crippen LogP contribution in [0.5, 0.6) is 5.75 Å². The fraction of sp³-hybridized carbons (Fsp3) is 0.800. The van der Waals surface area contributed by atoms with Crippen molar-refractivity contribution in [1.82, 2.24) is 0 Å². The van der Waals surface area contributed by atoms with Crippen LogP contribution < -0.4 is 4.74 Å². The van der Waals surface area contributed by atoms with Gasteiger partial charge in [0.1, 0.15) is 5.75 Å². The summed E-state index contributed by atoms with van der Waals surface area (Å²) in [5.41, 5.74) is 0. The van der Waals surface area contributed by atoms with Crippen molar-refractivity contribution < 1.29 is 36.2 Å². The first-order chi connectivity index (χ1) is 18.2. The number of alkyl halides is 2. The van der Waals surface area contributed by atoms with Gasteiger partial charge in [-0.1, -0.05) is 19.8 Å². The second-order valence-corrected chi connectivity index (χ2v) is 12.5. The molecule has 38 heavy (non-hydrogen) atoms. The highest BCUT2D eigenvalue weighted by Gasteiger charge is 2.46. The molecule has 0 amide bonds. The van der Waals surface area contributed by atoms with E-state index in [2.05, 4.69) is 11.7 Å². The van der Waals surface area contributed by atoms with Gasteiger partial charge in [0, 0.05) is 24.0 Å². The van der Waals surface area contributed by atoms with Crippen LogP contribution in [0.3, 0.4) is 0 Å². The Balaban J connectivity index is 1.04. The summed E-state index contributed by atoms with van der Waals surface area (Å²) in [5, 5.41) is 0. The SMILES string of the molecule is CC1CCC(C2COC(C3CCC(C4CCC(C(F)(F)Oc5cc(F)c(F)c(F)c5)CC4)CC3)OC2)CC1. The van der Waals surface area contributed by atoms with Gasteiger partial charge < -0.3 is 14.2 Å². The van der Waals surface area contributed by atoms with Gasteiger partial charge in [0.05, 0.1) is 19.1 Å². The Labute approximate surface area is 222 Å². The number of hydrogen-bond donors (Lipinski definition) is 0. The average Bonchev–Trinajstić information content (AvgIpc) is 2.92. The number of halogens is 5. The van der Waals surface area contributed by atoms with Crippen molar-refractivity contribution in [3.8, 4) is 5.75 Å². The lowest BCUT2D eigenvalue weighted by Gasteiger charge is -2.43. The highest BCUT2D eigenvalue weighted by Crippen LogP contribution is 2.46. The smallest absolute Gasteiger partial charge is 0.400 e. The minimum absolute atomic E-state index is 0.109. The first-order valence-corrected chi connectivity index (χ1v) is 14.6. The number of hydrogen-bond acceptors (Lipinski definition) is 3. The molecule has 0 unspecified atom stereocenters. The summed E-state index contributed by atoms with van der Waals surface area (Å²) in [5.74, 6) is -3.09. The summed E-state index contributed by atoms with van der Waals surface area (Å²) in [6.07, 6.45) is 7.70. The van der Waals surface area contributed by atoms with Gasteiger partial charge in [-0.3, -0.25) is 0 Å². The predicted molar refractivity (Wildman–Crippen MR) is 133 cm³/mol. The van der Waals surface area contributed by atoms with Gasteiger partial charge in [-0.05, 0) is 87.9 Å². The van der Waals surface area contributed by atoms with E-state index in [-0.39, 0.29) is 6.29 Å². The first kappa shape index (κ1) is 28.1. The van der Waals surface area contributed by atoms with Crippen molar-refractivity contribution in [2.24, 2.45) is 41.4 Å². The molecule has 0 bridgehead atoms. The molecule has 3 aliphatic carbocycles. The van der Waals surface area contributed by atoms with E-state index in [1.807, 2.05) is 0 Å². The minimum atomic E-state index is -3.57. The molecule has 1 heterocycles. The molecule has 8 heteroatoms. The van der Waals surface area contributed by atoms with E-state index in [9.17, 15) is 22.0 Å². The first-order valence-electron chi connectivity index (χ1n) is 14.6.